The van der Waals surface area contributed by atoms with Gasteiger partial charge in [0.2, 0.25) is 11.8 Å². The van der Waals surface area contributed by atoms with E-state index < -0.39 is 5.91 Å². The van der Waals surface area contributed by atoms with E-state index in [2.05, 4.69) is 20.5 Å². The highest BCUT2D eigenvalue weighted by molar-refractivity contribution is 6.00. The molecule has 0 atom stereocenters. The number of carbonyl (C=O) groups is 1. The van der Waals surface area contributed by atoms with Crippen LogP contribution < -0.4 is 10.1 Å². The fourth-order valence-corrected chi connectivity index (χ4v) is 4.74. The zero-order valence-corrected chi connectivity index (χ0v) is 17.7. The molecule has 0 unspecified atom stereocenters. The van der Waals surface area contributed by atoms with E-state index in [1.54, 1.807) is 18.3 Å². The number of hydrogen-bond acceptors (Lipinski definition) is 7. The molecular weight excluding hydrogens is 408 g/mol. The van der Waals surface area contributed by atoms with E-state index in [1.165, 1.54) is 0 Å². The molecule has 2 aromatic heterocycles. The second-order valence-corrected chi connectivity index (χ2v) is 8.88. The summed E-state index contributed by atoms with van der Waals surface area (Å²) in [4.78, 5) is 16.7. The third-order valence-corrected chi connectivity index (χ3v) is 6.47. The number of nitrogens with one attached hydrogen (secondary N) is 1. The highest BCUT2D eigenvalue weighted by atomic mass is 16.5. The summed E-state index contributed by atoms with van der Waals surface area (Å²) in [5.74, 6) is 0.357. The SMILES string of the molecule is O=C(Nc1ccc(OC2CCC3(CC2)CC(O)C3)nc1)c1nnc(Cc2ccccc2)o1. The van der Waals surface area contributed by atoms with E-state index in [4.69, 9.17) is 9.15 Å². The summed E-state index contributed by atoms with van der Waals surface area (Å²) >= 11 is 0. The van der Waals surface area contributed by atoms with Crippen LogP contribution in [0.4, 0.5) is 5.69 Å². The van der Waals surface area contributed by atoms with Gasteiger partial charge in [-0.15, -0.1) is 10.2 Å². The minimum atomic E-state index is -0.479. The van der Waals surface area contributed by atoms with Crippen LogP contribution in [-0.4, -0.2) is 38.4 Å². The van der Waals surface area contributed by atoms with Gasteiger partial charge in [-0.1, -0.05) is 30.3 Å². The number of amides is 1. The third kappa shape index (κ3) is 4.65. The van der Waals surface area contributed by atoms with Crippen molar-refractivity contribution >= 4 is 11.6 Å². The van der Waals surface area contributed by atoms with Crippen LogP contribution in [0.5, 0.6) is 5.88 Å². The van der Waals surface area contributed by atoms with Gasteiger partial charge in [0.15, 0.2) is 0 Å². The highest BCUT2D eigenvalue weighted by Gasteiger charge is 2.45. The maximum absolute atomic E-state index is 12.4. The first-order chi connectivity index (χ1) is 15.6. The van der Waals surface area contributed by atoms with Crippen molar-refractivity contribution in [3.63, 3.8) is 0 Å². The second-order valence-electron chi connectivity index (χ2n) is 8.88. The number of carbonyl (C=O) groups excluding carboxylic acids is 1. The van der Waals surface area contributed by atoms with E-state index in [0.717, 1.165) is 44.1 Å². The van der Waals surface area contributed by atoms with Crippen molar-refractivity contribution in [1.29, 1.82) is 0 Å². The Morgan fingerprint density at radius 3 is 2.59 bits per heavy atom. The van der Waals surface area contributed by atoms with Crippen molar-refractivity contribution in [2.75, 3.05) is 5.32 Å². The van der Waals surface area contributed by atoms with Gasteiger partial charge in [0, 0.05) is 6.07 Å². The van der Waals surface area contributed by atoms with Gasteiger partial charge < -0.3 is 19.6 Å². The van der Waals surface area contributed by atoms with Gasteiger partial charge in [-0.05, 0) is 55.6 Å². The van der Waals surface area contributed by atoms with Gasteiger partial charge in [0.1, 0.15) is 6.10 Å². The smallest absolute Gasteiger partial charge is 0.313 e. The number of pyridine rings is 1. The fourth-order valence-electron chi connectivity index (χ4n) is 4.74. The molecule has 166 valence electrons. The average Bonchev–Trinajstić information content (AvgIpc) is 3.25. The summed E-state index contributed by atoms with van der Waals surface area (Å²) in [6, 6.07) is 13.2. The number of rotatable bonds is 6. The Kier molecular flexibility index (Phi) is 5.61. The van der Waals surface area contributed by atoms with Crippen LogP contribution in [0.25, 0.3) is 0 Å². The Labute approximate surface area is 186 Å². The summed E-state index contributed by atoms with van der Waals surface area (Å²) in [6.07, 6.45) is 8.08. The maximum atomic E-state index is 12.4. The fraction of sp³-hybridized carbons (Fsp3) is 0.417. The molecule has 8 heteroatoms. The first kappa shape index (κ1) is 20.6. The zero-order chi connectivity index (χ0) is 22.0. The Bertz CT molecular complexity index is 1050. The quantitative estimate of drug-likeness (QED) is 0.607. The molecule has 2 heterocycles. The number of ether oxygens (including phenoxy) is 1. The van der Waals surface area contributed by atoms with E-state index in [-0.39, 0.29) is 18.1 Å². The molecule has 0 aliphatic heterocycles. The minimum absolute atomic E-state index is 0.0893. The average molecular weight is 434 g/mol. The molecule has 3 aromatic rings. The van der Waals surface area contributed by atoms with E-state index >= 15 is 0 Å². The van der Waals surface area contributed by atoms with Gasteiger partial charge >= 0.3 is 11.8 Å². The molecular formula is C24H26N4O4. The summed E-state index contributed by atoms with van der Waals surface area (Å²) in [5.41, 5.74) is 1.90. The normalized spacial score (nSPS) is 24.7. The van der Waals surface area contributed by atoms with Crippen molar-refractivity contribution in [2.24, 2.45) is 5.41 Å². The molecule has 2 aliphatic carbocycles. The standard InChI is InChI=1S/C24H26N4O4/c29-18-13-24(14-18)10-8-19(9-11-24)31-20-7-6-17(15-25-20)26-22(30)23-28-27-21(32-23)12-16-4-2-1-3-5-16/h1-7,15,18-19,29H,8-14H2,(H,26,30). The Morgan fingerprint density at radius 2 is 1.91 bits per heavy atom. The molecule has 2 saturated carbocycles. The van der Waals surface area contributed by atoms with Crippen molar-refractivity contribution in [2.45, 2.75) is 57.2 Å². The molecule has 32 heavy (non-hydrogen) atoms. The lowest BCUT2D eigenvalue weighted by molar-refractivity contribution is -0.0703. The zero-order valence-electron chi connectivity index (χ0n) is 17.7. The highest BCUT2D eigenvalue weighted by Crippen LogP contribution is 2.51. The molecule has 2 N–H and O–H groups in total. The summed E-state index contributed by atoms with van der Waals surface area (Å²) < 4.78 is 11.5. The van der Waals surface area contributed by atoms with Crippen LogP contribution >= 0.6 is 0 Å². The lowest BCUT2D eigenvalue weighted by atomic mass is 9.59. The Morgan fingerprint density at radius 1 is 1.12 bits per heavy atom. The number of anilines is 1. The van der Waals surface area contributed by atoms with Crippen molar-refractivity contribution in [3.8, 4) is 5.88 Å². The number of aromatic nitrogens is 3. The number of nitrogens with zero attached hydrogens (tertiary/aromatic N) is 3. The molecule has 2 fully saturated rings. The topological polar surface area (TPSA) is 110 Å². The molecule has 5 rings (SSSR count). The molecule has 0 bridgehead atoms. The maximum Gasteiger partial charge on any atom is 0.313 e. The van der Waals surface area contributed by atoms with Gasteiger partial charge in [-0.2, -0.15) is 0 Å². The first-order valence-corrected chi connectivity index (χ1v) is 11.1. The molecule has 2 aliphatic rings. The van der Waals surface area contributed by atoms with Crippen LogP contribution in [0.3, 0.4) is 0 Å². The monoisotopic (exact) mass is 434 g/mol. The Balaban J connectivity index is 1.12. The van der Waals surface area contributed by atoms with Crippen LogP contribution in [-0.2, 0) is 6.42 Å². The van der Waals surface area contributed by atoms with Gasteiger partial charge in [0.25, 0.3) is 0 Å². The number of aliphatic hydroxyl groups is 1. The van der Waals surface area contributed by atoms with Crippen molar-refractivity contribution in [1.82, 2.24) is 15.2 Å². The molecule has 1 spiro atoms. The molecule has 1 aromatic carbocycles. The number of hydrogen-bond donors (Lipinski definition) is 2. The van der Waals surface area contributed by atoms with Gasteiger partial charge in [0.05, 0.1) is 24.4 Å². The second kappa shape index (κ2) is 8.70. The van der Waals surface area contributed by atoms with E-state index in [1.807, 2.05) is 30.3 Å². The summed E-state index contributed by atoms with van der Waals surface area (Å²) in [7, 11) is 0. The predicted molar refractivity (Wildman–Crippen MR) is 116 cm³/mol. The lowest BCUT2D eigenvalue weighted by Gasteiger charge is -2.49. The van der Waals surface area contributed by atoms with Crippen molar-refractivity contribution < 1.29 is 19.1 Å². The largest absolute Gasteiger partial charge is 0.474 e. The number of benzene rings is 1. The lowest BCUT2D eigenvalue weighted by Crippen LogP contribution is -2.44. The van der Waals surface area contributed by atoms with Crippen LogP contribution in [0.1, 0.15) is 60.7 Å². The van der Waals surface area contributed by atoms with Crippen molar-refractivity contribution in [3.05, 3.63) is 66.0 Å². The summed E-state index contributed by atoms with van der Waals surface area (Å²) in [5, 5.41) is 20.1. The molecule has 0 radical (unpaired) electrons. The first-order valence-electron chi connectivity index (χ1n) is 11.1. The van der Waals surface area contributed by atoms with E-state index in [9.17, 15) is 9.90 Å². The number of aliphatic hydroxyl groups excluding tert-OH is 1. The van der Waals surface area contributed by atoms with Crippen LogP contribution in [0.15, 0.2) is 53.1 Å². The van der Waals surface area contributed by atoms with E-state index in [0.29, 0.717) is 29.3 Å². The van der Waals surface area contributed by atoms with Gasteiger partial charge in [-0.3, -0.25) is 4.79 Å². The van der Waals surface area contributed by atoms with Gasteiger partial charge in [-0.25, -0.2) is 4.98 Å². The molecule has 0 saturated heterocycles. The summed E-state index contributed by atoms with van der Waals surface area (Å²) in [6.45, 7) is 0. The molecule has 8 nitrogen and oxygen atoms in total. The van der Waals surface area contributed by atoms with Crippen LogP contribution in [0, 0.1) is 5.41 Å². The van der Waals surface area contributed by atoms with Crippen LogP contribution in [0.2, 0.25) is 0 Å². The Hall–Kier alpha value is -3.26. The molecule has 1 amide bonds. The minimum Gasteiger partial charge on any atom is -0.474 e. The third-order valence-electron chi connectivity index (χ3n) is 6.47. The predicted octanol–water partition coefficient (Wildman–Crippen LogP) is 3.77.